The summed E-state index contributed by atoms with van der Waals surface area (Å²) in [5.41, 5.74) is 4.53. The van der Waals surface area contributed by atoms with Crippen molar-refractivity contribution in [1.82, 2.24) is 4.90 Å². The third-order valence-electron chi connectivity index (χ3n) is 5.37. The Labute approximate surface area is 200 Å². The van der Waals surface area contributed by atoms with Crippen molar-refractivity contribution in [2.24, 2.45) is 5.16 Å². The lowest BCUT2D eigenvalue weighted by Crippen LogP contribution is -2.28. The summed E-state index contributed by atoms with van der Waals surface area (Å²) < 4.78 is 11.9. The lowest BCUT2D eigenvalue weighted by Gasteiger charge is -2.18. The molecule has 0 bridgehead atoms. The zero-order valence-corrected chi connectivity index (χ0v) is 21.0. The third-order valence-corrected chi connectivity index (χ3v) is 5.37. The average Bonchev–Trinajstić information content (AvgIpc) is 2.78. The van der Waals surface area contributed by atoms with Gasteiger partial charge in [0.25, 0.3) is 0 Å². The Morgan fingerprint density at radius 2 is 1.73 bits per heavy atom. The number of ether oxygens (including phenoxy) is 2. The number of unbranched alkanes of at least 4 members (excludes halogenated alkanes) is 2. The fourth-order valence-electron chi connectivity index (χ4n) is 3.77. The minimum Gasteiger partial charge on any atom is -0.493 e. The number of hydrogen-bond acceptors (Lipinski definition) is 5. The molecule has 0 aliphatic rings. The summed E-state index contributed by atoms with van der Waals surface area (Å²) in [4.78, 5) is 7.37. The fourth-order valence-corrected chi connectivity index (χ4v) is 3.77. The van der Waals surface area contributed by atoms with Gasteiger partial charge in [0.2, 0.25) is 0 Å². The van der Waals surface area contributed by atoms with Gasteiger partial charge in [-0.25, -0.2) is 0 Å². The Hall–Kier alpha value is -2.79. The van der Waals surface area contributed by atoms with Gasteiger partial charge in [-0.3, -0.25) is 0 Å². The Bertz CT molecular complexity index is 855. The fraction of sp³-hybridized carbons (Fsp3) is 0.464. The quantitative estimate of drug-likeness (QED) is 0.144. The first-order chi connectivity index (χ1) is 16.0. The second-order valence-corrected chi connectivity index (χ2v) is 8.42. The highest BCUT2D eigenvalue weighted by Crippen LogP contribution is 2.28. The van der Waals surface area contributed by atoms with Crippen LogP contribution in [0.25, 0.3) is 0 Å². The van der Waals surface area contributed by atoms with E-state index in [2.05, 4.69) is 67.3 Å². The van der Waals surface area contributed by atoms with E-state index in [0.717, 1.165) is 73.7 Å². The molecule has 0 aliphatic carbocycles. The largest absolute Gasteiger partial charge is 0.493 e. The van der Waals surface area contributed by atoms with Gasteiger partial charge in [0.1, 0.15) is 25.2 Å². The van der Waals surface area contributed by atoms with E-state index in [1.54, 1.807) is 7.11 Å². The summed E-state index contributed by atoms with van der Waals surface area (Å²) in [6.45, 7) is 9.30. The third kappa shape index (κ3) is 10.1. The standard InChI is InChI=1S/C28H40N2O3/c1-6-7-17-32-27-19-23(2)28(24(3)20-27)33-18-13-9-12-16-30(4)22-26(29-31-5)21-25-14-10-8-11-15-25/h6-8,10-11,14-15,19-20H,9,12-13,16-18,21-22H2,1-5H3/b7-6+,29-26+. The van der Waals surface area contributed by atoms with E-state index in [1.807, 2.05) is 25.1 Å². The van der Waals surface area contributed by atoms with E-state index in [-0.39, 0.29) is 0 Å². The van der Waals surface area contributed by atoms with Crippen molar-refractivity contribution < 1.29 is 14.3 Å². The van der Waals surface area contributed by atoms with Gasteiger partial charge in [-0.1, -0.05) is 47.6 Å². The van der Waals surface area contributed by atoms with Gasteiger partial charge in [-0.05, 0) is 82.4 Å². The van der Waals surface area contributed by atoms with Crippen molar-refractivity contribution in [3.05, 3.63) is 71.3 Å². The van der Waals surface area contributed by atoms with Crippen LogP contribution >= 0.6 is 0 Å². The number of oxime groups is 1. The van der Waals surface area contributed by atoms with Crippen LogP contribution in [0.3, 0.4) is 0 Å². The minimum atomic E-state index is 0.592. The molecular weight excluding hydrogens is 412 g/mol. The van der Waals surface area contributed by atoms with Gasteiger partial charge >= 0.3 is 0 Å². The molecule has 2 aromatic rings. The van der Waals surface area contributed by atoms with Crippen molar-refractivity contribution in [3.8, 4) is 11.5 Å². The smallest absolute Gasteiger partial charge is 0.125 e. The Balaban J connectivity index is 1.69. The van der Waals surface area contributed by atoms with Crippen LogP contribution in [0.4, 0.5) is 0 Å². The van der Waals surface area contributed by atoms with Crippen LogP contribution in [0.15, 0.2) is 59.8 Å². The zero-order valence-electron chi connectivity index (χ0n) is 21.0. The molecule has 0 N–H and O–H groups in total. The van der Waals surface area contributed by atoms with Gasteiger partial charge in [-0.2, -0.15) is 0 Å². The molecular formula is C28H40N2O3. The summed E-state index contributed by atoms with van der Waals surface area (Å²) in [7, 11) is 3.75. The summed E-state index contributed by atoms with van der Waals surface area (Å²) in [6, 6.07) is 14.5. The summed E-state index contributed by atoms with van der Waals surface area (Å²) >= 11 is 0. The van der Waals surface area contributed by atoms with Crippen LogP contribution in [-0.4, -0.2) is 51.1 Å². The molecule has 5 nitrogen and oxygen atoms in total. The molecule has 0 aromatic heterocycles. The maximum Gasteiger partial charge on any atom is 0.125 e. The predicted molar refractivity (Wildman–Crippen MR) is 138 cm³/mol. The predicted octanol–water partition coefficient (Wildman–Crippen LogP) is 5.98. The van der Waals surface area contributed by atoms with E-state index in [4.69, 9.17) is 14.3 Å². The van der Waals surface area contributed by atoms with Crippen molar-refractivity contribution >= 4 is 5.71 Å². The lowest BCUT2D eigenvalue weighted by molar-refractivity contribution is 0.210. The number of benzene rings is 2. The average molecular weight is 453 g/mol. The van der Waals surface area contributed by atoms with Crippen LogP contribution < -0.4 is 9.47 Å². The topological polar surface area (TPSA) is 43.3 Å². The molecule has 0 atom stereocenters. The number of rotatable bonds is 15. The van der Waals surface area contributed by atoms with Crippen molar-refractivity contribution in [3.63, 3.8) is 0 Å². The molecule has 0 saturated carbocycles. The molecule has 0 amide bonds. The Morgan fingerprint density at radius 1 is 1.00 bits per heavy atom. The molecule has 2 rings (SSSR count). The van der Waals surface area contributed by atoms with Gasteiger partial charge in [0, 0.05) is 13.0 Å². The van der Waals surface area contributed by atoms with E-state index in [9.17, 15) is 0 Å². The summed E-state index contributed by atoms with van der Waals surface area (Å²) in [5, 5.41) is 4.24. The number of aryl methyl sites for hydroxylation is 2. The molecule has 5 heteroatoms. The normalized spacial score (nSPS) is 11.9. The van der Waals surface area contributed by atoms with E-state index < -0.39 is 0 Å². The first-order valence-corrected chi connectivity index (χ1v) is 11.8. The van der Waals surface area contributed by atoms with Crippen molar-refractivity contribution in [1.29, 1.82) is 0 Å². The molecule has 0 radical (unpaired) electrons. The maximum absolute atomic E-state index is 6.10. The number of nitrogens with zero attached hydrogens (tertiary/aromatic N) is 2. The lowest BCUT2D eigenvalue weighted by atomic mass is 10.1. The highest BCUT2D eigenvalue weighted by atomic mass is 16.6. The highest BCUT2D eigenvalue weighted by molar-refractivity contribution is 5.87. The van der Waals surface area contributed by atoms with Gasteiger partial charge < -0.3 is 19.2 Å². The first-order valence-electron chi connectivity index (χ1n) is 11.8. The van der Waals surface area contributed by atoms with Crippen LogP contribution in [0.5, 0.6) is 11.5 Å². The second kappa shape index (κ2) is 15.1. The molecule has 180 valence electrons. The summed E-state index contributed by atoms with van der Waals surface area (Å²) in [5.74, 6) is 1.87. The Kier molecular flexibility index (Phi) is 12.1. The van der Waals surface area contributed by atoms with Gasteiger partial charge in [-0.15, -0.1) is 0 Å². The van der Waals surface area contributed by atoms with Crippen LogP contribution in [0.1, 0.15) is 42.9 Å². The van der Waals surface area contributed by atoms with Crippen LogP contribution in [-0.2, 0) is 11.3 Å². The number of allylic oxidation sites excluding steroid dienone is 1. The SMILES string of the molecule is C/C=C/COc1cc(C)c(OCCCCCN(C)C/C(Cc2ccccc2)=N/OC)c(C)c1. The van der Waals surface area contributed by atoms with E-state index in [1.165, 1.54) is 5.56 Å². The van der Waals surface area contributed by atoms with E-state index in [0.29, 0.717) is 6.61 Å². The maximum atomic E-state index is 6.10. The molecule has 0 fully saturated rings. The number of hydrogen-bond donors (Lipinski definition) is 0. The van der Waals surface area contributed by atoms with Gasteiger partial charge in [0.05, 0.1) is 12.3 Å². The molecule has 0 spiro atoms. The highest BCUT2D eigenvalue weighted by Gasteiger charge is 2.09. The van der Waals surface area contributed by atoms with Crippen molar-refractivity contribution in [2.45, 2.75) is 46.5 Å². The summed E-state index contributed by atoms with van der Waals surface area (Å²) in [6.07, 6.45) is 8.09. The monoisotopic (exact) mass is 452 g/mol. The Morgan fingerprint density at radius 3 is 2.39 bits per heavy atom. The molecule has 0 heterocycles. The first kappa shape index (κ1) is 26.5. The zero-order chi connectivity index (χ0) is 23.9. The minimum absolute atomic E-state index is 0.592. The van der Waals surface area contributed by atoms with E-state index >= 15 is 0 Å². The molecule has 0 unspecified atom stereocenters. The molecule has 2 aromatic carbocycles. The van der Waals surface area contributed by atoms with Crippen LogP contribution in [0.2, 0.25) is 0 Å². The van der Waals surface area contributed by atoms with Gasteiger partial charge in [0.15, 0.2) is 0 Å². The molecule has 0 saturated heterocycles. The van der Waals surface area contributed by atoms with Crippen LogP contribution in [0, 0.1) is 13.8 Å². The second-order valence-electron chi connectivity index (χ2n) is 8.42. The molecule has 33 heavy (non-hydrogen) atoms. The van der Waals surface area contributed by atoms with Crippen molar-refractivity contribution in [2.75, 3.05) is 40.5 Å². The molecule has 0 aliphatic heterocycles.